The minimum atomic E-state index is 0.546. The first-order chi connectivity index (χ1) is 10.6. The van der Waals surface area contributed by atoms with Crippen LogP contribution in [0.25, 0.3) is 0 Å². The van der Waals surface area contributed by atoms with Crippen LogP contribution in [0.3, 0.4) is 0 Å². The first kappa shape index (κ1) is 15.2. The molecule has 22 heavy (non-hydrogen) atoms. The molecule has 1 aliphatic heterocycles. The van der Waals surface area contributed by atoms with E-state index >= 15 is 0 Å². The third-order valence-electron chi connectivity index (χ3n) is 3.08. The van der Waals surface area contributed by atoms with E-state index in [1.165, 1.54) is 11.8 Å². The van der Waals surface area contributed by atoms with Crippen molar-refractivity contribution in [2.24, 2.45) is 16.6 Å². The van der Waals surface area contributed by atoms with E-state index in [0.29, 0.717) is 15.9 Å². The summed E-state index contributed by atoms with van der Waals surface area (Å²) in [5.41, 5.74) is 7.20. The molecule has 0 saturated carbocycles. The first-order valence-corrected chi connectivity index (χ1v) is 8.47. The minimum Gasteiger partial charge on any atom is -0.390 e. The van der Waals surface area contributed by atoms with Gasteiger partial charge in [-0.25, -0.2) is 5.84 Å². The number of halogens is 1. The maximum Gasteiger partial charge on any atom is 0.158 e. The second kappa shape index (κ2) is 6.21. The molecule has 0 aliphatic carbocycles. The Morgan fingerprint density at radius 3 is 2.95 bits per heavy atom. The number of nitrogens with two attached hydrogens (primary N) is 2. The van der Waals surface area contributed by atoms with Crippen LogP contribution in [-0.4, -0.2) is 12.9 Å². The molecule has 2 aromatic rings. The van der Waals surface area contributed by atoms with Crippen LogP contribution in [0.1, 0.15) is 5.56 Å². The molecule has 2 heterocycles. The molecule has 1 aliphatic rings. The van der Waals surface area contributed by atoms with Crippen LogP contribution in [0, 0.1) is 0 Å². The summed E-state index contributed by atoms with van der Waals surface area (Å²) in [4.78, 5) is 5.20. The number of hydrazine groups is 1. The van der Waals surface area contributed by atoms with Crippen molar-refractivity contribution in [2.45, 2.75) is 4.90 Å². The number of thiophene rings is 1. The summed E-state index contributed by atoms with van der Waals surface area (Å²) in [7, 11) is 1.73. The van der Waals surface area contributed by atoms with Crippen LogP contribution in [-0.2, 0) is 0 Å². The van der Waals surface area contributed by atoms with Crippen LogP contribution in [0.4, 0.5) is 5.00 Å². The Bertz CT molecular complexity index is 768. The van der Waals surface area contributed by atoms with E-state index < -0.39 is 0 Å². The molecule has 0 saturated heterocycles. The Morgan fingerprint density at radius 2 is 2.23 bits per heavy atom. The smallest absolute Gasteiger partial charge is 0.158 e. The Hall–Kier alpha value is -1.67. The maximum absolute atomic E-state index is 6.23. The number of hydrogen-bond acceptors (Lipinski definition) is 6. The number of thioether (sulfide) groups is 1. The fourth-order valence-corrected chi connectivity index (χ4v) is 3.99. The normalized spacial score (nSPS) is 18.1. The largest absolute Gasteiger partial charge is 0.390 e. The molecule has 1 aromatic heterocycles. The summed E-state index contributed by atoms with van der Waals surface area (Å²) >= 11 is 8.94. The second-order valence-corrected chi connectivity index (χ2v) is 6.93. The van der Waals surface area contributed by atoms with Crippen molar-refractivity contribution in [1.82, 2.24) is 5.32 Å². The molecule has 0 radical (unpaired) electrons. The molecule has 114 valence electrons. The second-order valence-electron chi connectivity index (χ2n) is 4.48. The van der Waals surface area contributed by atoms with Crippen LogP contribution in [0.2, 0.25) is 5.02 Å². The summed E-state index contributed by atoms with van der Waals surface area (Å²) in [6, 6.07) is 9.48. The van der Waals surface area contributed by atoms with E-state index in [1.54, 1.807) is 23.4 Å². The van der Waals surface area contributed by atoms with Gasteiger partial charge in [0.1, 0.15) is 15.9 Å². The van der Waals surface area contributed by atoms with Crippen LogP contribution >= 0.6 is 34.7 Å². The van der Waals surface area contributed by atoms with E-state index in [0.717, 1.165) is 21.3 Å². The monoisotopic (exact) mass is 351 g/mol. The first-order valence-electron chi connectivity index (χ1n) is 6.40. The number of anilines is 1. The average molecular weight is 352 g/mol. The van der Waals surface area contributed by atoms with Gasteiger partial charge in [0.05, 0.1) is 5.56 Å². The summed E-state index contributed by atoms with van der Waals surface area (Å²) in [6.45, 7) is 0. The Labute approximate surface area is 141 Å². The molecule has 0 atom stereocenters. The quantitative estimate of drug-likeness (QED) is 0.572. The highest BCUT2D eigenvalue weighted by molar-refractivity contribution is 8.03. The Kier molecular flexibility index (Phi) is 4.30. The van der Waals surface area contributed by atoms with Gasteiger partial charge in [0.2, 0.25) is 0 Å². The van der Waals surface area contributed by atoms with Gasteiger partial charge < -0.3 is 11.1 Å². The van der Waals surface area contributed by atoms with Crippen molar-refractivity contribution in [1.29, 1.82) is 0 Å². The highest BCUT2D eigenvalue weighted by Crippen LogP contribution is 2.34. The van der Waals surface area contributed by atoms with E-state index in [1.807, 2.05) is 35.7 Å². The third kappa shape index (κ3) is 2.80. The molecule has 3 rings (SSSR count). The van der Waals surface area contributed by atoms with E-state index in [9.17, 15) is 0 Å². The topological polar surface area (TPSA) is 79.7 Å². The molecular formula is C14H14ClN5S2. The average Bonchev–Trinajstić information content (AvgIpc) is 2.98. The molecule has 0 amide bonds. The molecule has 0 unspecified atom stereocenters. The van der Waals surface area contributed by atoms with Gasteiger partial charge in [-0.15, -0.1) is 11.3 Å². The third-order valence-corrected chi connectivity index (χ3v) is 5.13. The van der Waals surface area contributed by atoms with Crippen molar-refractivity contribution in [3.05, 3.63) is 57.1 Å². The van der Waals surface area contributed by atoms with Gasteiger partial charge in [-0.3, -0.25) is 10.0 Å². The van der Waals surface area contributed by atoms with Gasteiger partial charge in [0.15, 0.2) is 5.82 Å². The predicted octanol–water partition coefficient (Wildman–Crippen LogP) is 2.94. The zero-order valence-electron chi connectivity index (χ0n) is 11.7. The summed E-state index contributed by atoms with van der Waals surface area (Å²) < 4.78 is 0. The Balaban J connectivity index is 1.96. The van der Waals surface area contributed by atoms with Crippen molar-refractivity contribution in [3.63, 3.8) is 0 Å². The van der Waals surface area contributed by atoms with Crippen LogP contribution in [0.5, 0.6) is 0 Å². The van der Waals surface area contributed by atoms with Gasteiger partial charge in [-0.2, -0.15) is 0 Å². The standard InChI is InChI=1S/C14H14ClN5S2/c1-18-12-10-5-6-21-14(10)20(17)13(19-12)11(16)22-9-4-2-3-8(15)7-9/h2-7H,16-17H2,1H3,(H,18,19)/b13-11+. The van der Waals surface area contributed by atoms with Crippen molar-refractivity contribution in [2.75, 3.05) is 12.1 Å². The van der Waals surface area contributed by atoms with Crippen LogP contribution < -0.4 is 21.9 Å². The number of benzene rings is 1. The molecular weight excluding hydrogens is 338 g/mol. The zero-order chi connectivity index (χ0) is 15.7. The predicted molar refractivity (Wildman–Crippen MR) is 95.1 cm³/mol. The van der Waals surface area contributed by atoms with Crippen molar-refractivity contribution < 1.29 is 0 Å². The molecule has 8 heteroatoms. The van der Waals surface area contributed by atoms with Gasteiger partial charge in [-0.05, 0) is 29.6 Å². The fraction of sp³-hybridized carbons (Fsp3) is 0.0714. The number of aliphatic imine (C=N–C) groups is 1. The van der Waals surface area contributed by atoms with Gasteiger partial charge in [0, 0.05) is 17.0 Å². The summed E-state index contributed by atoms with van der Waals surface area (Å²) in [5.74, 6) is 7.55. The molecule has 0 fully saturated rings. The fourth-order valence-electron chi connectivity index (χ4n) is 2.07. The van der Waals surface area contributed by atoms with E-state index in [2.05, 4.69) is 10.3 Å². The number of amidine groups is 1. The Morgan fingerprint density at radius 1 is 1.41 bits per heavy atom. The lowest BCUT2D eigenvalue weighted by molar-refractivity contribution is 0.890. The molecule has 1 aromatic carbocycles. The summed E-state index contributed by atoms with van der Waals surface area (Å²) in [6.07, 6.45) is 0. The molecule has 5 nitrogen and oxygen atoms in total. The molecule has 0 bridgehead atoms. The van der Waals surface area contributed by atoms with E-state index in [4.69, 9.17) is 23.2 Å². The van der Waals surface area contributed by atoms with Crippen LogP contribution in [0.15, 0.2) is 56.4 Å². The molecule has 5 N–H and O–H groups in total. The lowest BCUT2D eigenvalue weighted by Crippen LogP contribution is -2.46. The lowest BCUT2D eigenvalue weighted by Gasteiger charge is -2.29. The SMILES string of the molecule is CN=C1N/C(=C(/N)Sc2cccc(Cl)c2)N(N)c2sccc21. The highest BCUT2D eigenvalue weighted by atomic mass is 35.5. The van der Waals surface area contributed by atoms with Gasteiger partial charge >= 0.3 is 0 Å². The number of rotatable bonds is 2. The highest BCUT2D eigenvalue weighted by Gasteiger charge is 2.26. The number of hydrogen-bond donors (Lipinski definition) is 3. The number of nitrogens with zero attached hydrogens (tertiary/aromatic N) is 2. The number of nitrogens with one attached hydrogen (secondary N) is 1. The van der Waals surface area contributed by atoms with Gasteiger partial charge in [-0.1, -0.05) is 29.4 Å². The summed E-state index contributed by atoms with van der Waals surface area (Å²) in [5, 5.41) is 8.84. The minimum absolute atomic E-state index is 0.546. The lowest BCUT2D eigenvalue weighted by atomic mass is 10.2. The van der Waals surface area contributed by atoms with Crippen molar-refractivity contribution in [3.8, 4) is 0 Å². The zero-order valence-corrected chi connectivity index (χ0v) is 14.1. The van der Waals surface area contributed by atoms with Crippen molar-refractivity contribution >= 4 is 45.5 Å². The molecule has 0 spiro atoms. The maximum atomic E-state index is 6.23. The van der Waals surface area contributed by atoms with Gasteiger partial charge in [0.25, 0.3) is 0 Å². The van der Waals surface area contributed by atoms with E-state index in [-0.39, 0.29) is 0 Å². The number of fused-ring (bicyclic) bond motifs is 1.